The Morgan fingerprint density at radius 2 is 1.89 bits per heavy atom. The molecule has 0 saturated carbocycles. The summed E-state index contributed by atoms with van der Waals surface area (Å²) in [6, 6.07) is 1.92. The van der Waals surface area contributed by atoms with Gasteiger partial charge in [-0.1, -0.05) is 0 Å². The number of hydrogen-bond acceptors (Lipinski definition) is 5. The van der Waals surface area contributed by atoms with Crippen molar-refractivity contribution in [2.75, 3.05) is 20.2 Å². The van der Waals surface area contributed by atoms with Crippen LogP contribution in [0.15, 0.2) is 23.1 Å². The summed E-state index contributed by atoms with van der Waals surface area (Å²) in [5.41, 5.74) is -2.02. The number of hydrogen-bond donors (Lipinski definition) is 1. The maximum Gasteiger partial charge on any atom is 0.417 e. The molecule has 2 atom stereocenters. The van der Waals surface area contributed by atoms with Crippen LogP contribution in [0, 0.1) is 0 Å². The first-order valence-electron chi connectivity index (χ1n) is 8.20. The minimum atomic E-state index is -4.88. The summed E-state index contributed by atoms with van der Waals surface area (Å²) in [7, 11) is -3.14. The van der Waals surface area contributed by atoms with Gasteiger partial charge in [0.1, 0.15) is 0 Å². The largest absolute Gasteiger partial charge is 0.465 e. The minimum Gasteiger partial charge on any atom is -0.465 e. The number of halogens is 4. The number of fused-ring (bicyclic) bond motifs is 2. The van der Waals surface area contributed by atoms with Crippen molar-refractivity contribution in [2.45, 2.75) is 42.4 Å². The van der Waals surface area contributed by atoms with Crippen LogP contribution in [0.3, 0.4) is 0 Å². The van der Waals surface area contributed by atoms with Gasteiger partial charge in [0.2, 0.25) is 10.0 Å². The first-order valence-corrected chi connectivity index (χ1v) is 9.64. The smallest absolute Gasteiger partial charge is 0.417 e. The topological polar surface area (TPSA) is 75.7 Å². The predicted octanol–water partition coefficient (Wildman–Crippen LogP) is 2.43. The highest BCUT2D eigenvalue weighted by Gasteiger charge is 2.44. The molecule has 2 saturated heterocycles. The van der Waals surface area contributed by atoms with Crippen LogP contribution in [0.5, 0.6) is 0 Å². The van der Waals surface area contributed by atoms with Gasteiger partial charge in [0.25, 0.3) is 0 Å². The number of nitrogens with zero attached hydrogens (tertiary/aromatic N) is 1. The number of esters is 1. The van der Waals surface area contributed by atoms with Crippen LogP contribution in [0.1, 0.15) is 35.2 Å². The number of ether oxygens (including phenoxy) is 1. The van der Waals surface area contributed by atoms with Gasteiger partial charge in [-0.05, 0) is 44.0 Å². The lowest BCUT2D eigenvalue weighted by molar-refractivity contribution is -0.138. The van der Waals surface area contributed by atoms with Gasteiger partial charge >= 0.3 is 12.1 Å². The summed E-state index contributed by atoms with van der Waals surface area (Å²) in [5.74, 6) is -1.17. The molecule has 2 aliphatic heterocycles. The van der Waals surface area contributed by atoms with Crippen LogP contribution in [0.25, 0.3) is 0 Å². The Hall–Kier alpha value is -1.36. The van der Waals surface area contributed by atoms with Gasteiger partial charge in [0, 0.05) is 18.6 Å². The average Bonchev–Trinajstić information content (AvgIpc) is 2.86. The molecule has 6 nitrogen and oxygen atoms in total. The molecule has 2 unspecified atom stereocenters. The lowest BCUT2D eigenvalue weighted by Crippen LogP contribution is -2.42. The molecule has 0 aromatic heterocycles. The number of nitrogens with one attached hydrogen (secondary N) is 1. The van der Waals surface area contributed by atoms with Crippen LogP contribution in [-0.4, -0.2) is 51.0 Å². The summed E-state index contributed by atoms with van der Waals surface area (Å²) < 4.78 is 71.9. The van der Waals surface area contributed by atoms with Gasteiger partial charge in [0.05, 0.1) is 23.1 Å². The molecule has 0 amide bonds. The molecule has 3 rings (SSSR count). The van der Waals surface area contributed by atoms with Crippen molar-refractivity contribution < 1.29 is 31.1 Å². The molecular formula is C16H20ClF3N2O4S. The Morgan fingerprint density at radius 3 is 2.52 bits per heavy atom. The molecule has 1 aromatic carbocycles. The van der Waals surface area contributed by atoms with Crippen molar-refractivity contribution in [3.8, 4) is 0 Å². The van der Waals surface area contributed by atoms with Gasteiger partial charge in [-0.3, -0.25) is 0 Å². The van der Waals surface area contributed by atoms with E-state index >= 15 is 0 Å². The van der Waals surface area contributed by atoms with E-state index in [9.17, 15) is 26.4 Å². The molecule has 2 heterocycles. The van der Waals surface area contributed by atoms with Crippen molar-refractivity contribution in [3.63, 3.8) is 0 Å². The highest BCUT2D eigenvalue weighted by molar-refractivity contribution is 7.89. The van der Waals surface area contributed by atoms with Gasteiger partial charge in [-0.2, -0.15) is 17.5 Å². The van der Waals surface area contributed by atoms with E-state index < -0.39 is 38.2 Å². The Morgan fingerprint density at radius 1 is 1.22 bits per heavy atom. The molecule has 2 fully saturated rings. The SMILES string of the molecule is COC(=O)c1ccc(S(=O)(=O)N2C3CCNCC2CC3)cc1C(F)(F)F.Cl. The van der Waals surface area contributed by atoms with Crippen molar-refractivity contribution in [1.82, 2.24) is 9.62 Å². The predicted molar refractivity (Wildman–Crippen MR) is 93.4 cm³/mol. The Bertz CT molecular complexity index is 802. The van der Waals surface area contributed by atoms with Gasteiger partial charge < -0.3 is 10.1 Å². The number of methoxy groups -OCH3 is 1. The van der Waals surface area contributed by atoms with Crippen LogP contribution >= 0.6 is 12.4 Å². The van der Waals surface area contributed by atoms with E-state index in [2.05, 4.69) is 10.1 Å². The normalized spacial score (nSPS) is 23.4. The van der Waals surface area contributed by atoms with E-state index in [0.717, 1.165) is 19.2 Å². The lowest BCUT2D eigenvalue weighted by atomic mass is 10.1. The zero-order valence-electron chi connectivity index (χ0n) is 14.5. The Balaban J connectivity index is 0.00000261. The quantitative estimate of drug-likeness (QED) is 0.748. The standard InChI is InChI=1S/C16H19F3N2O4S.ClH/c1-25-15(22)13-5-4-12(8-14(13)16(17,18)19)26(23,24)21-10-2-3-11(21)9-20-7-6-10;/h4-5,8,10-11,20H,2-3,6-7,9H2,1H3;1H. The lowest BCUT2D eigenvalue weighted by Gasteiger charge is -2.27. The molecule has 2 aliphatic rings. The van der Waals surface area contributed by atoms with Crippen LogP contribution in [0.4, 0.5) is 13.2 Å². The third kappa shape index (κ3) is 4.08. The Kier molecular flexibility index (Phi) is 6.45. The maximum atomic E-state index is 13.4. The molecule has 2 bridgehead atoms. The fourth-order valence-electron chi connectivity index (χ4n) is 3.66. The van der Waals surface area contributed by atoms with E-state index in [4.69, 9.17) is 0 Å². The molecule has 27 heavy (non-hydrogen) atoms. The summed E-state index contributed by atoms with van der Waals surface area (Å²) in [5, 5.41) is 3.15. The molecular weight excluding hydrogens is 409 g/mol. The number of benzene rings is 1. The van der Waals surface area contributed by atoms with Gasteiger partial charge in [-0.25, -0.2) is 13.2 Å². The van der Waals surface area contributed by atoms with E-state index in [1.54, 1.807) is 0 Å². The minimum absolute atomic E-state index is 0. The second kappa shape index (κ2) is 7.94. The summed E-state index contributed by atoms with van der Waals surface area (Å²) in [6.07, 6.45) is -2.91. The summed E-state index contributed by atoms with van der Waals surface area (Å²) >= 11 is 0. The first-order chi connectivity index (χ1) is 12.2. The number of carbonyl (C=O) groups is 1. The highest BCUT2D eigenvalue weighted by Crippen LogP contribution is 2.37. The van der Waals surface area contributed by atoms with Crippen LogP contribution < -0.4 is 5.32 Å². The van der Waals surface area contributed by atoms with E-state index in [1.807, 2.05) is 0 Å². The molecule has 1 N–H and O–H groups in total. The van der Waals surface area contributed by atoms with E-state index in [0.29, 0.717) is 38.4 Å². The van der Waals surface area contributed by atoms with Gasteiger partial charge in [0.15, 0.2) is 0 Å². The van der Waals surface area contributed by atoms with Crippen molar-refractivity contribution in [1.29, 1.82) is 0 Å². The van der Waals surface area contributed by atoms with Crippen LogP contribution in [-0.2, 0) is 20.9 Å². The van der Waals surface area contributed by atoms with Crippen molar-refractivity contribution >= 4 is 28.4 Å². The number of alkyl halides is 3. The Labute approximate surface area is 161 Å². The second-order valence-electron chi connectivity index (χ2n) is 6.41. The first kappa shape index (κ1) is 21.9. The van der Waals surface area contributed by atoms with Crippen molar-refractivity contribution in [3.05, 3.63) is 29.3 Å². The zero-order chi connectivity index (χ0) is 19.1. The number of rotatable bonds is 3. The molecule has 0 aliphatic carbocycles. The second-order valence-corrected chi connectivity index (χ2v) is 8.25. The zero-order valence-corrected chi connectivity index (χ0v) is 16.1. The van der Waals surface area contributed by atoms with Gasteiger partial charge in [-0.15, -0.1) is 12.4 Å². The fourth-order valence-corrected chi connectivity index (χ4v) is 5.58. The van der Waals surface area contributed by atoms with Crippen LogP contribution in [0.2, 0.25) is 0 Å². The monoisotopic (exact) mass is 428 g/mol. The molecule has 11 heteroatoms. The fraction of sp³-hybridized carbons (Fsp3) is 0.562. The summed E-state index contributed by atoms with van der Waals surface area (Å²) in [6.45, 7) is 1.14. The van der Waals surface area contributed by atoms with E-state index in [-0.39, 0.29) is 24.5 Å². The number of sulfonamides is 1. The van der Waals surface area contributed by atoms with E-state index in [1.165, 1.54) is 4.31 Å². The van der Waals surface area contributed by atoms with Crippen molar-refractivity contribution in [2.24, 2.45) is 0 Å². The third-order valence-corrected chi connectivity index (χ3v) is 6.87. The maximum absolute atomic E-state index is 13.4. The number of carbonyl (C=O) groups excluding carboxylic acids is 1. The summed E-state index contributed by atoms with van der Waals surface area (Å²) in [4.78, 5) is 11.2. The molecule has 0 spiro atoms. The molecule has 0 radical (unpaired) electrons. The molecule has 152 valence electrons. The average molecular weight is 429 g/mol. The third-order valence-electron chi connectivity index (χ3n) is 4.86. The highest BCUT2D eigenvalue weighted by atomic mass is 35.5. The molecule has 1 aromatic rings.